The Kier molecular flexibility index (Phi) is 3.98. The molecule has 0 fully saturated rings. The van der Waals surface area contributed by atoms with Crippen molar-refractivity contribution in [3.8, 4) is 0 Å². The summed E-state index contributed by atoms with van der Waals surface area (Å²) in [6, 6.07) is 6.82. The summed E-state index contributed by atoms with van der Waals surface area (Å²) in [7, 11) is 0. The van der Waals surface area contributed by atoms with Gasteiger partial charge in [-0.3, -0.25) is 0 Å². The van der Waals surface area contributed by atoms with E-state index in [0.29, 0.717) is 5.56 Å². The van der Waals surface area contributed by atoms with Crippen molar-refractivity contribution in [3.05, 3.63) is 35.4 Å². The molecule has 0 heterocycles. The second-order valence-corrected chi connectivity index (χ2v) is 2.17. The van der Waals surface area contributed by atoms with Crippen molar-refractivity contribution in [2.24, 2.45) is 0 Å². The third kappa shape index (κ3) is 2.81. The molecule has 1 N–H and O–H groups in total. The zero-order chi connectivity index (χ0) is 7.56. The number of aromatic carboxylic acids is 1. The zero-order valence-electron chi connectivity index (χ0n) is 6.37. The topological polar surface area (TPSA) is 37.3 Å². The van der Waals surface area contributed by atoms with E-state index in [2.05, 4.69) is 0 Å². The van der Waals surface area contributed by atoms with Crippen LogP contribution in [0.25, 0.3) is 0 Å². The van der Waals surface area contributed by atoms with Gasteiger partial charge in [-0.2, -0.15) is 0 Å². The molecule has 0 spiro atoms. The molecule has 0 saturated carbocycles. The first-order chi connectivity index (χ1) is 4.70. The smallest absolute Gasteiger partial charge is 0.335 e. The number of carboxylic acids is 1. The van der Waals surface area contributed by atoms with Gasteiger partial charge < -0.3 is 5.11 Å². The second-order valence-electron chi connectivity index (χ2n) is 2.17. The fourth-order valence-corrected chi connectivity index (χ4v) is 0.778. The summed E-state index contributed by atoms with van der Waals surface area (Å²) in [4.78, 5) is 10.4. The van der Waals surface area contributed by atoms with Crippen LogP contribution in [0.2, 0.25) is 0 Å². The molecule has 54 valence electrons. The molecular formula is C8H8O2Zn. The first-order valence-electron chi connectivity index (χ1n) is 3.00. The van der Waals surface area contributed by atoms with Crippen LogP contribution in [0.3, 0.4) is 0 Å². The summed E-state index contributed by atoms with van der Waals surface area (Å²) in [6.07, 6.45) is 0. The number of hydrogen-bond donors (Lipinski definition) is 1. The molecule has 0 aromatic heterocycles. The third-order valence-corrected chi connectivity index (χ3v) is 1.27. The van der Waals surface area contributed by atoms with Crippen LogP contribution in [-0.2, 0) is 19.5 Å². The van der Waals surface area contributed by atoms with E-state index in [0.717, 1.165) is 5.56 Å². The van der Waals surface area contributed by atoms with Crippen LogP contribution in [0.5, 0.6) is 0 Å². The zero-order valence-corrected chi connectivity index (χ0v) is 9.34. The van der Waals surface area contributed by atoms with Gasteiger partial charge in [0.05, 0.1) is 5.56 Å². The molecule has 0 aliphatic carbocycles. The minimum Gasteiger partial charge on any atom is -0.478 e. The number of carboxylic acid groups (broad SMARTS) is 1. The molecule has 0 atom stereocenters. The van der Waals surface area contributed by atoms with Crippen LogP contribution in [0.15, 0.2) is 24.3 Å². The Morgan fingerprint density at radius 1 is 1.45 bits per heavy atom. The largest absolute Gasteiger partial charge is 0.478 e. The van der Waals surface area contributed by atoms with Crippen molar-refractivity contribution >= 4 is 5.97 Å². The normalized spacial score (nSPS) is 8.45. The average molecular weight is 202 g/mol. The summed E-state index contributed by atoms with van der Waals surface area (Å²) in [5, 5.41) is 8.51. The molecule has 2 nitrogen and oxygen atoms in total. The summed E-state index contributed by atoms with van der Waals surface area (Å²) >= 11 is 0. The molecule has 0 bridgehead atoms. The van der Waals surface area contributed by atoms with Gasteiger partial charge in [0.1, 0.15) is 0 Å². The van der Waals surface area contributed by atoms with E-state index in [-0.39, 0.29) is 19.5 Å². The maximum absolute atomic E-state index is 10.4. The Morgan fingerprint density at radius 2 is 2.09 bits per heavy atom. The van der Waals surface area contributed by atoms with Crippen LogP contribution < -0.4 is 0 Å². The number of hydrogen-bond acceptors (Lipinski definition) is 1. The van der Waals surface area contributed by atoms with Gasteiger partial charge in [0.2, 0.25) is 0 Å². The van der Waals surface area contributed by atoms with Gasteiger partial charge in [-0.1, -0.05) is 17.7 Å². The Balaban J connectivity index is 0.000001000. The van der Waals surface area contributed by atoms with E-state index in [4.69, 9.17) is 5.11 Å². The SMILES string of the molecule is Cc1cccc(C(=O)O)c1.[Zn]. The Morgan fingerprint density at radius 3 is 2.45 bits per heavy atom. The molecule has 3 heteroatoms. The second kappa shape index (κ2) is 4.25. The molecule has 1 aromatic rings. The summed E-state index contributed by atoms with van der Waals surface area (Å²) in [6.45, 7) is 1.87. The van der Waals surface area contributed by atoms with E-state index in [1.807, 2.05) is 13.0 Å². The van der Waals surface area contributed by atoms with Crippen LogP contribution in [0, 0.1) is 6.92 Å². The van der Waals surface area contributed by atoms with Crippen LogP contribution in [0.4, 0.5) is 0 Å². The molecule has 0 unspecified atom stereocenters. The monoisotopic (exact) mass is 200 g/mol. The first kappa shape index (κ1) is 10.3. The predicted molar refractivity (Wildman–Crippen MR) is 38.1 cm³/mol. The first-order valence-corrected chi connectivity index (χ1v) is 3.00. The van der Waals surface area contributed by atoms with Gasteiger partial charge >= 0.3 is 5.97 Å². The van der Waals surface area contributed by atoms with Gasteiger partial charge in [0.25, 0.3) is 0 Å². The van der Waals surface area contributed by atoms with Crippen molar-refractivity contribution in [2.45, 2.75) is 6.92 Å². The van der Waals surface area contributed by atoms with Crippen molar-refractivity contribution in [1.29, 1.82) is 0 Å². The van der Waals surface area contributed by atoms with Crippen LogP contribution in [0.1, 0.15) is 15.9 Å². The summed E-state index contributed by atoms with van der Waals surface area (Å²) in [5.74, 6) is -0.872. The molecule has 1 rings (SSSR count). The fraction of sp³-hybridized carbons (Fsp3) is 0.125. The van der Waals surface area contributed by atoms with E-state index < -0.39 is 5.97 Å². The van der Waals surface area contributed by atoms with Gasteiger partial charge in [0, 0.05) is 19.5 Å². The van der Waals surface area contributed by atoms with Crippen molar-refractivity contribution in [1.82, 2.24) is 0 Å². The molecule has 0 aliphatic heterocycles. The standard InChI is InChI=1S/C8H8O2.Zn/c1-6-3-2-4-7(5-6)8(9)10;/h2-5H,1H3,(H,9,10);. The number of benzene rings is 1. The molecular weight excluding hydrogens is 193 g/mol. The summed E-state index contributed by atoms with van der Waals surface area (Å²) in [5.41, 5.74) is 1.32. The Labute approximate surface area is 78.0 Å². The average Bonchev–Trinajstić information content (AvgIpc) is 1.88. The van der Waals surface area contributed by atoms with Gasteiger partial charge in [-0.25, -0.2) is 4.79 Å². The van der Waals surface area contributed by atoms with Crippen LogP contribution >= 0.6 is 0 Å². The van der Waals surface area contributed by atoms with Gasteiger partial charge in [-0.05, 0) is 19.1 Å². The van der Waals surface area contributed by atoms with Crippen molar-refractivity contribution in [3.63, 3.8) is 0 Å². The van der Waals surface area contributed by atoms with Crippen LogP contribution in [-0.4, -0.2) is 11.1 Å². The molecule has 0 amide bonds. The maximum Gasteiger partial charge on any atom is 0.335 e. The number of rotatable bonds is 1. The van der Waals surface area contributed by atoms with E-state index >= 15 is 0 Å². The molecule has 1 aromatic carbocycles. The minimum absolute atomic E-state index is 0. The van der Waals surface area contributed by atoms with Gasteiger partial charge in [-0.15, -0.1) is 0 Å². The quantitative estimate of drug-likeness (QED) is 0.702. The molecule has 0 aliphatic rings. The molecule has 0 saturated heterocycles. The van der Waals surface area contributed by atoms with E-state index in [9.17, 15) is 4.79 Å². The molecule has 11 heavy (non-hydrogen) atoms. The molecule has 0 radical (unpaired) electrons. The van der Waals surface area contributed by atoms with Crippen molar-refractivity contribution < 1.29 is 29.4 Å². The number of carbonyl (C=O) groups is 1. The van der Waals surface area contributed by atoms with E-state index in [1.54, 1.807) is 18.2 Å². The third-order valence-electron chi connectivity index (χ3n) is 1.27. The maximum atomic E-state index is 10.4. The fourth-order valence-electron chi connectivity index (χ4n) is 0.778. The minimum atomic E-state index is -0.872. The predicted octanol–water partition coefficient (Wildman–Crippen LogP) is 1.69. The Hall–Kier alpha value is -0.687. The van der Waals surface area contributed by atoms with Gasteiger partial charge in [0.15, 0.2) is 0 Å². The van der Waals surface area contributed by atoms with Crippen molar-refractivity contribution in [2.75, 3.05) is 0 Å². The summed E-state index contributed by atoms with van der Waals surface area (Å²) < 4.78 is 0. The Bertz CT molecular complexity index is 258. The number of aryl methyl sites for hydroxylation is 1. The van der Waals surface area contributed by atoms with E-state index in [1.165, 1.54) is 0 Å².